The standard InChI is InChI=1S/C21H24ClN3O4S/c1-30-21(8-9-21)13-24-19(28)17-7-6-16(20(29)25(17)10-11-26)18(27)23-12-14-2-4-15(22)5-3-14/h2-7,26H,8-13H2,1H3,(H,23,27)(H,24,28). The fourth-order valence-electron chi connectivity index (χ4n) is 3.08. The first-order valence-corrected chi connectivity index (χ1v) is 11.2. The molecule has 3 N–H and O–H groups in total. The van der Waals surface area contributed by atoms with Gasteiger partial charge in [-0.15, -0.1) is 0 Å². The number of hydrogen-bond donors (Lipinski definition) is 3. The van der Waals surface area contributed by atoms with E-state index in [2.05, 4.69) is 10.6 Å². The van der Waals surface area contributed by atoms with Crippen LogP contribution in [0.5, 0.6) is 0 Å². The van der Waals surface area contributed by atoms with Crippen LogP contribution < -0.4 is 16.2 Å². The number of thioether (sulfide) groups is 1. The maximum Gasteiger partial charge on any atom is 0.268 e. The molecule has 0 radical (unpaired) electrons. The molecule has 9 heteroatoms. The molecular formula is C21H24ClN3O4S. The summed E-state index contributed by atoms with van der Waals surface area (Å²) in [6, 6.07) is 9.79. The summed E-state index contributed by atoms with van der Waals surface area (Å²) in [5.41, 5.74) is 0.260. The molecule has 0 bridgehead atoms. The van der Waals surface area contributed by atoms with E-state index in [9.17, 15) is 19.5 Å². The molecule has 0 spiro atoms. The van der Waals surface area contributed by atoms with Crippen molar-refractivity contribution in [1.29, 1.82) is 0 Å². The van der Waals surface area contributed by atoms with Gasteiger partial charge in [0.05, 0.1) is 6.61 Å². The van der Waals surface area contributed by atoms with E-state index in [1.54, 1.807) is 36.0 Å². The molecule has 160 valence electrons. The van der Waals surface area contributed by atoms with Crippen LogP contribution in [0.3, 0.4) is 0 Å². The minimum absolute atomic E-state index is 0.0758. The Morgan fingerprint density at radius 2 is 1.83 bits per heavy atom. The Morgan fingerprint density at radius 1 is 1.13 bits per heavy atom. The topological polar surface area (TPSA) is 100 Å². The molecule has 1 aliphatic carbocycles. The Bertz CT molecular complexity index is 987. The Morgan fingerprint density at radius 3 is 2.43 bits per heavy atom. The zero-order chi connectivity index (χ0) is 21.7. The van der Waals surface area contributed by atoms with Crippen molar-refractivity contribution in [3.63, 3.8) is 0 Å². The molecule has 1 aromatic carbocycles. The summed E-state index contributed by atoms with van der Waals surface area (Å²) < 4.78 is 1.23. The molecular weight excluding hydrogens is 426 g/mol. The predicted octanol–water partition coefficient (Wildman–Crippen LogP) is 2.05. The van der Waals surface area contributed by atoms with Crippen molar-refractivity contribution in [2.24, 2.45) is 0 Å². The van der Waals surface area contributed by atoms with Gasteiger partial charge in [-0.3, -0.25) is 14.4 Å². The number of rotatable bonds is 9. The van der Waals surface area contributed by atoms with Gasteiger partial charge < -0.3 is 20.3 Å². The van der Waals surface area contributed by atoms with E-state index >= 15 is 0 Å². The van der Waals surface area contributed by atoms with Crippen molar-refractivity contribution in [2.75, 3.05) is 19.4 Å². The number of benzene rings is 1. The van der Waals surface area contributed by atoms with Gasteiger partial charge in [-0.2, -0.15) is 11.8 Å². The Balaban J connectivity index is 1.74. The van der Waals surface area contributed by atoms with Crippen molar-refractivity contribution in [3.05, 3.63) is 68.6 Å². The quantitative estimate of drug-likeness (QED) is 0.544. The van der Waals surface area contributed by atoms with E-state index in [-0.39, 0.29) is 35.7 Å². The molecule has 7 nitrogen and oxygen atoms in total. The second-order valence-corrected chi connectivity index (χ2v) is 8.90. The molecule has 2 aromatic rings. The summed E-state index contributed by atoms with van der Waals surface area (Å²) in [6.45, 7) is 0.344. The molecule has 1 saturated carbocycles. The van der Waals surface area contributed by atoms with E-state index < -0.39 is 17.4 Å². The summed E-state index contributed by atoms with van der Waals surface area (Å²) in [6.07, 6.45) is 4.10. The molecule has 1 heterocycles. The molecule has 1 fully saturated rings. The lowest BCUT2D eigenvalue weighted by Gasteiger charge is -2.16. The first-order chi connectivity index (χ1) is 14.4. The summed E-state index contributed by atoms with van der Waals surface area (Å²) >= 11 is 7.57. The molecule has 1 aliphatic rings. The van der Waals surface area contributed by atoms with Crippen molar-refractivity contribution in [2.45, 2.75) is 30.7 Å². The zero-order valence-corrected chi connectivity index (χ0v) is 18.2. The van der Waals surface area contributed by atoms with Crippen LogP contribution in [-0.4, -0.2) is 45.6 Å². The molecule has 0 saturated heterocycles. The lowest BCUT2D eigenvalue weighted by molar-refractivity contribution is 0.0928. The normalized spacial score (nSPS) is 14.2. The average molecular weight is 450 g/mol. The second kappa shape index (κ2) is 9.68. The predicted molar refractivity (Wildman–Crippen MR) is 118 cm³/mol. The van der Waals surface area contributed by atoms with E-state index in [1.165, 1.54) is 12.1 Å². The SMILES string of the molecule is CSC1(CNC(=O)c2ccc(C(=O)NCc3ccc(Cl)cc3)c(=O)n2CCO)CC1. The third-order valence-electron chi connectivity index (χ3n) is 5.15. The third-order valence-corrected chi connectivity index (χ3v) is 6.82. The van der Waals surface area contributed by atoms with Gasteiger partial charge in [0.15, 0.2) is 0 Å². The van der Waals surface area contributed by atoms with Gasteiger partial charge in [0, 0.05) is 29.4 Å². The van der Waals surface area contributed by atoms with Crippen molar-refractivity contribution >= 4 is 35.2 Å². The third kappa shape index (κ3) is 5.24. The highest BCUT2D eigenvalue weighted by atomic mass is 35.5. The minimum Gasteiger partial charge on any atom is -0.395 e. The van der Waals surface area contributed by atoms with Crippen LogP contribution in [0.2, 0.25) is 5.02 Å². The number of aliphatic hydroxyl groups excluding tert-OH is 1. The molecule has 0 atom stereocenters. The average Bonchev–Trinajstić information content (AvgIpc) is 3.53. The number of hydrogen-bond acceptors (Lipinski definition) is 5. The smallest absolute Gasteiger partial charge is 0.268 e. The van der Waals surface area contributed by atoms with Gasteiger partial charge in [0.2, 0.25) is 0 Å². The summed E-state index contributed by atoms with van der Waals surface area (Å²) in [5.74, 6) is -0.943. The fourth-order valence-corrected chi connectivity index (χ4v) is 3.93. The van der Waals surface area contributed by atoms with E-state index in [0.29, 0.717) is 11.6 Å². The Hall–Kier alpha value is -2.29. The Kier molecular flexibility index (Phi) is 7.23. The fraction of sp³-hybridized carbons (Fsp3) is 0.381. The first kappa shape index (κ1) is 22.4. The highest BCUT2D eigenvalue weighted by Crippen LogP contribution is 2.46. The number of pyridine rings is 1. The van der Waals surface area contributed by atoms with Crippen LogP contribution in [0.15, 0.2) is 41.2 Å². The number of aromatic nitrogens is 1. The number of aliphatic hydroxyl groups is 1. The monoisotopic (exact) mass is 449 g/mol. The summed E-state index contributed by atoms with van der Waals surface area (Å²) in [5, 5.41) is 15.5. The number of halogens is 1. The minimum atomic E-state index is -0.615. The molecule has 1 aromatic heterocycles. The van der Waals surface area contributed by atoms with Gasteiger partial charge >= 0.3 is 0 Å². The van der Waals surface area contributed by atoms with E-state index in [4.69, 9.17) is 11.6 Å². The lowest BCUT2D eigenvalue weighted by Crippen LogP contribution is -2.39. The van der Waals surface area contributed by atoms with Crippen LogP contribution in [-0.2, 0) is 13.1 Å². The maximum absolute atomic E-state index is 12.8. The van der Waals surface area contributed by atoms with E-state index in [1.807, 2.05) is 6.26 Å². The highest BCUT2D eigenvalue weighted by Gasteiger charge is 2.42. The van der Waals surface area contributed by atoms with Crippen molar-refractivity contribution in [1.82, 2.24) is 15.2 Å². The Labute approximate surface area is 183 Å². The van der Waals surface area contributed by atoms with Gasteiger partial charge in [-0.05, 0) is 48.9 Å². The van der Waals surface area contributed by atoms with Crippen LogP contribution in [0.1, 0.15) is 39.3 Å². The van der Waals surface area contributed by atoms with Gasteiger partial charge in [0.1, 0.15) is 11.3 Å². The maximum atomic E-state index is 12.8. The summed E-state index contributed by atoms with van der Waals surface area (Å²) in [7, 11) is 0. The molecule has 30 heavy (non-hydrogen) atoms. The van der Waals surface area contributed by atoms with Crippen molar-refractivity contribution < 1.29 is 14.7 Å². The lowest BCUT2D eigenvalue weighted by atomic mass is 10.2. The largest absolute Gasteiger partial charge is 0.395 e. The van der Waals surface area contributed by atoms with Crippen LogP contribution in [0.4, 0.5) is 0 Å². The van der Waals surface area contributed by atoms with Crippen LogP contribution in [0, 0.1) is 0 Å². The van der Waals surface area contributed by atoms with Crippen molar-refractivity contribution in [3.8, 4) is 0 Å². The number of carbonyl (C=O) groups excluding carboxylic acids is 2. The molecule has 3 rings (SSSR count). The molecule has 0 unspecified atom stereocenters. The van der Waals surface area contributed by atoms with Crippen LogP contribution >= 0.6 is 23.4 Å². The van der Waals surface area contributed by atoms with Gasteiger partial charge in [-0.25, -0.2) is 0 Å². The molecule has 2 amide bonds. The van der Waals surface area contributed by atoms with Gasteiger partial charge in [0.25, 0.3) is 17.4 Å². The van der Waals surface area contributed by atoms with E-state index in [0.717, 1.165) is 23.0 Å². The van der Waals surface area contributed by atoms with Crippen LogP contribution in [0.25, 0.3) is 0 Å². The number of nitrogens with one attached hydrogen (secondary N) is 2. The number of nitrogens with zero attached hydrogens (tertiary/aromatic N) is 1. The summed E-state index contributed by atoms with van der Waals surface area (Å²) in [4.78, 5) is 38.0. The first-order valence-electron chi connectivity index (χ1n) is 9.60. The highest BCUT2D eigenvalue weighted by molar-refractivity contribution is 8.00. The molecule has 0 aliphatic heterocycles. The second-order valence-electron chi connectivity index (χ2n) is 7.19. The van der Waals surface area contributed by atoms with Gasteiger partial charge in [-0.1, -0.05) is 23.7 Å². The zero-order valence-electron chi connectivity index (χ0n) is 16.6. The number of amides is 2. The number of carbonyl (C=O) groups is 2.